The highest BCUT2D eigenvalue weighted by Crippen LogP contribution is 2.24. The lowest BCUT2D eigenvalue weighted by molar-refractivity contribution is -0.387. The molecule has 1 aromatic carbocycles. The maximum absolute atomic E-state index is 13.1. The van der Waals surface area contributed by atoms with Gasteiger partial charge in [0.1, 0.15) is 6.04 Å². The second-order valence-corrected chi connectivity index (χ2v) is 13.1. The summed E-state index contributed by atoms with van der Waals surface area (Å²) in [6, 6.07) is 2.84. The molecule has 0 bridgehead atoms. The fraction of sp³-hybridized carbons (Fsp3) is 0.682. The van der Waals surface area contributed by atoms with Crippen LogP contribution in [0.2, 0.25) is 0 Å². The maximum Gasteiger partial charge on any atom is 0.289 e. The Morgan fingerprint density at radius 1 is 1.03 bits per heavy atom. The van der Waals surface area contributed by atoms with Crippen LogP contribution in [0.25, 0.3) is 0 Å². The number of nitrogens with one attached hydrogen (secondary N) is 2. The van der Waals surface area contributed by atoms with E-state index in [0.717, 1.165) is 31.4 Å². The third-order valence-electron chi connectivity index (χ3n) is 5.86. The quantitative estimate of drug-likeness (QED) is 0.309. The summed E-state index contributed by atoms with van der Waals surface area (Å²) in [5, 5.41) is 11.3. The second-order valence-electron chi connectivity index (χ2n) is 9.66. The van der Waals surface area contributed by atoms with Crippen LogP contribution in [0.3, 0.4) is 0 Å². The standard InChI is InChI=1S/C22H36N4O7S2/c1-16(2)14-18(22(27)25-12-8-5-9-13-25)23-34(30,31)15-19(17(3)4)24-35(32,33)21-11-7-6-10-20(21)26(28)29/h6-7,10-11,16-19,23-24H,5,8-9,12-15H2,1-4H3/t18-,19+/m0/s1. The van der Waals surface area contributed by atoms with Crippen LogP contribution in [-0.2, 0) is 24.8 Å². The number of carbonyl (C=O) groups excluding carboxylic acids is 1. The van der Waals surface area contributed by atoms with Gasteiger partial charge in [0.15, 0.2) is 4.90 Å². The summed E-state index contributed by atoms with van der Waals surface area (Å²) >= 11 is 0. The van der Waals surface area contributed by atoms with Gasteiger partial charge < -0.3 is 4.90 Å². The maximum atomic E-state index is 13.1. The topological polar surface area (TPSA) is 156 Å². The summed E-state index contributed by atoms with van der Waals surface area (Å²) in [6.07, 6.45) is 3.08. The third kappa shape index (κ3) is 8.51. The minimum absolute atomic E-state index is 0.0504. The summed E-state index contributed by atoms with van der Waals surface area (Å²) in [6.45, 7) is 8.24. The van der Waals surface area contributed by atoms with Gasteiger partial charge in [-0.2, -0.15) is 0 Å². The van der Waals surface area contributed by atoms with E-state index in [1.807, 2.05) is 13.8 Å². The molecule has 0 saturated carbocycles. The number of nitro groups is 1. The number of nitro benzene ring substituents is 1. The molecule has 1 aromatic rings. The average Bonchev–Trinajstić information content (AvgIpc) is 2.77. The SMILES string of the molecule is CC(C)C[C@H](NS(=O)(=O)C[C@@H](NS(=O)(=O)c1ccccc1[N+](=O)[O-])C(C)C)C(=O)N1CCCCC1. The van der Waals surface area contributed by atoms with Gasteiger partial charge in [-0.3, -0.25) is 14.9 Å². The van der Waals surface area contributed by atoms with Gasteiger partial charge in [0.25, 0.3) is 5.69 Å². The fourth-order valence-electron chi connectivity index (χ4n) is 3.97. The molecule has 1 aliphatic heterocycles. The number of amides is 1. The van der Waals surface area contributed by atoms with E-state index in [9.17, 15) is 31.7 Å². The normalized spacial score (nSPS) is 16.9. The molecule has 1 aliphatic rings. The molecule has 0 spiro atoms. The number of benzene rings is 1. The van der Waals surface area contributed by atoms with Crippen LogP contribution in [0, 0.1) is 22.0 Å². The molecule has 2 rings (SSSR count). The molecule has 1 amide bonds. The van der Waals surface area contributed by atoms with Crippen LogP contribution >= 0.6 is 0 Å². The fourth-order valence-corrected chi connectivity index (χ4v) is 7.30. The summed E-state index contributed by atoms with van der Waals surface area (Å²) in [7, 11) is -8.49. The Morgan fingerprint density at radius 3 is 2.17 bits per heavy atom. The van der Waals surface area contributed by atoms with E-state index in [1.165, 1.54) is 12.1 Å². The molecule has 2 N–H and O–H groups in total. The first kappa shape index (κ1) is 29.1. The molecule has 35 heavy (non-hydrogen) atoms. The van der Waals surface area contributed by atoms with Crippen molar-refractivity contribution in [3.63, 3.8) is 0 Å². The number of rotatable bonds is 12. The molecule has 1 heterocycles. The molecule has 198 valence electrons. The van der Waals surface area contributed by atoms with Gasteiger partial charge in [-0.1, -0.05) is 39.8 Å². The molecule has 0 aliphatic carbocycles. The van der Waals surface area contributed by atoms with Crippen molar-refractivity contribution in [1.82, 2.24) is 14.3 Å². The van der Waals surface area contributed by atoms with Crippen LogP contribution < -0.4 is 9.44 Å². The summed E-state index contributed by atoms with van der Waals surface area (Å²) in [5.41, 5.74) is -0.604. The lowest BCUT2D eigenvalue weighted by Gasteiger charge is -2.31. The van der Waals surface area contributed by atoms with Crippen LogP contribution in [0.5, 0.6) is 0 Å². The van der Waals surface area contributed by atoms with Gasteiger partial charge in [0.2, 0.25) is 26.0 Å². The Kier molecular flexibility index (Phi) is 10.2. The van der Waals surface area contributed by atoms with Crippen LogP contribution in [0.1, 0.15) is 53.4 Å². The van der Waals surface area contributed by atoms with Crippen molar-refractivity contribution in [3.8, 4) is 0 Å². The largest absolute Gasteiger partial charge is 0.341 e. The number of nitrogens with zero attached hydrogens (tertiary/aromatic N) is 2. The minimum Gasteiger partial charge on any atom is -0.341 e. The second kappa shape index (κ2) is 12.2. The zero-order chi connectivity index (χ0) is 26.4. The van der Waals surface area contributed by atoms with Gasteiger partial charge in [-0.15, -0.1) is 0 Å². The monoisotopic (exact) mass is 532 g/mol. The predicted octanol–water partition coefficient (Wildman–Crippen LogP) is 2.24. The lowest BCUT2D eigenvalue weighted by Crippen LogP contribution is -2.53. The summed E-state index contributed by atoms with van der Waals surface area (Å²) in [4.78, 5) is 24.7. The Balaban J connectivity index is 2.24. The van der Waals surface area contributed by atoms with Crippen molar-refractivity contribution in [3.05, 3.63) is 34.4 Å². The Morgan fingerprint density at radius 2 is 1.63 bits per heavy atom. The van der Waals surface area contributed by atoms with Crippen LogP contribution in [-0.4, -0.2) is 63.5 Å². The number of para-hydroxylation sites is 1. The number of piperidine rings is 1. The highest BCUT2D eigenvalue weighted by Gasteiger charge is 2.34. The Hall–Kier alpha value is -2.09. The number of carbonyl (C=O) groups is 1. The van der Waals surface area contributed by atoms with Gasteiger partial charge in [-0.25, -0.2) is 26.3 Å². The Bertz CT molecular complexity index is 1100. The molecule has 2 atom stereocenters. The van der Waals surface area contributed by atoms with E-state index in [2.05, 4.69) is 9.44 Å². The number of likely N-dealkylation sites (tertiary alicyclic amines) is 1. The third-order valence-corrected chi connectivity index (χ3v) is 8.84. The van der Waals surface area contributed by atoms with Gasteiger partial charge in [0, 0.05) is 25.2 Å². The molecular weight excluding hydrogens is 496 g/mol. The van der Waals surface area contributed by atoms with E-state index >= 15 is 0 Å². The molecule has 11 nitrogen and oxygen atoms in total. The van der Waals surface area contributed by atoms with Crippen LogP contribution in [0.4, 0.5) is 5.69 Å². The van der Waals surface area contributed by atoms with E-state index in [1.54, 1.807) is 18.7 Å². The molecule has 0 unspecified atom stereocenters. The average molecular weight is 533 g/mol. The Labute approximate surface area is 207 Å². The molecule has 0 aromatic heterocycles. The van der Waals surface area contributed by atoms with Crippen molar-refractivity contribution in [2.75, 3.05) is 18.8 Å². The van der Waals surface area contributed by atoms with Crippen molar-refractivity contribution < 1.29 is 26.6 Å². The molecule has 1 saturated heterocycles. The van der Waals surface area contributed by atoms with Gasteiger partial charge >= 0.3 is 0 Å². The van der Waals surface area contributed by atoms with E-state index in [-0.39, 0.29) is 11.8 Å². The summed E-state index contributed by atoms with van der Waals surface area (Å²) < 4.78 is 56.9. The van der Waals surface area contributed by atoms with Crippen molar-refractivity contribution in [2.24, 2.45) is 11.8 Å². The van der Waals surface area contributed by atoms with E-state index in [4.69, 9.17) is 0 Å². The molecular formula is C22H36N4O7S2. The number of hydrogen-bond acceptors (Lipinski definition) is 7. The number of hydrogen-bond donors (Lipinski definition) is 2. The van der Waals surface area contributed by atoms with E-state index in [0.29, 0.717) is 19.5 Å². The lowest BCUT2D eigenvalue weighted by atomic mass is 10.0. The molecule has 1 fully saturated rings. The van der Waals surface area contributed by atoms with E-state index < -0.39 is 59.3 Å². The minimum atomic E-state index is -4.39. The highest BCUT2D eigenvalue weighted by molar-refractivity contribution is 7.90. The zero-order valence-electron chi connectivity index (χ0n) is 20.6. The first-order valence-electron chi connectivity index (χ1n) is 11.8. The van der Waals surface area contributed by atoms with Gasteiger partial charge in [0.05, 0.1) is 10.7 Å². The van der Waals surface area contributed by atoms with Gasteiger partial charge in [-0.05, 0) is 43.6 Å². The first-order valence-corrected chi connectivity index (χ1v) is 14.9. The molecule has 0 radical (unpaired) electrons. The zero-order valence-corrected chi connectivity index (χ0v) is 22.3. The molecule has 13 heteroatoms. The predicted molar refractivity (Wildman–Crippen MR) is 133 cm³/mol. The highest BCUT2D eigenvalue weighted by atomic mass is 32.2. The summed E-state index contributed by atoms with van der Waals surface area (Å²) in [5.74, 6) is -1.30. The van der Waals surface area contributed by atoms with Crippen molar-refractivity contribution >= 4 is 31.6 Å². The first-order chi connectivity index (χ1) is 16.2. The van der Waals surface area contributed by atoms with Crippen molar-refractivity contribution in [1.29, 1.82) is 0 Å². The number of sulfonamides is 2. The van der Waals surface area contributed by atoms with Crippen LogP contribution in [0.15, 0.2) is 29.2 Å². The van der Waals surface area contributed by atoms with Crippen molar-refractivity contribution in [2.45, 2.75) is 70.4 Å². The smallest absolute Gasteiger partial charge is 0.289 e.